The van der Waals surface area contributed by atoms with Gasteiger partial charge in [0.25, 0.3) is 0 Å². The predicted molar refractivity (Wildman–Crippen MR) is 83.7 cm³/mol. The zero-order valence-electron chi connectivity index (χ0n) is 12.9. The Hall–Kier alpha value is -1.44. The standard InChI is InChI=1S/C14H23N3O3S/c1-5-16-10(3)7-14(18)17-13-8-12(21(15,19)20)6-9(2)11(13)4/h6,8,10,16H,5,7H2,1-4H3,(H,17,18)(H2,15,19,20). The molecule has 1 rings (SSSR count). The number of hydrogen-bond acceptors (Lipinski definition) is 4. The molecule has 0 saturated heterocycles. The lowest BCUT2D eigenvalue weighted by atomic mass is 10.1. The third-order valence-electron chi connectivity index (χ3n) is 3.29. The smallest absolute Gasteiger partial charge is 0.238 e. The molecule has 0 aromatic heterocycles. The van der Waals surface area contributed by atoms with Crippen molar-refractivity contribution in [3.05, 3.63) is 23.3 Å². The van der Waals surface area contributed by atoms with E-state index in [9.17, 15) is 13.2 Å². The molecule has 0 spiro atoms. The summed E-state index contributed by atoms with van der Waals surface area (Å²) in [5.74, 6) is -0.169. The van der Waals surface area contributed by atoms with Crippen LogP contribution in [0.2, 0.25) is 0 Å². The molecule has 0 heterocycles. The molecular formula is C14H23N3O3S. The third-order valence-corrected chi connectivity index (χ3v) is 4.18. The van der Waals surface area contributed by atoms with Gasteiger partial charge < -0.3 is 10.6 Å². The van der Waals surface area contributed by atoms with Gasteiger partial charge in [-0.15, -0.1) is 0 Å². The molecule has 1 amide bonds. The Labute approximate surface area is 126 Å². The second-order valence-electron chi connectivity index (χ2n) is 5.17. The van der Waals surface area contributed by atoms with E-state index in [1.165, 1.54) is 12.1 Å². The van der Waals surface area contributed by atoms with Crippen LogP contribution in [0.5, 0.6) is 0 Å². The fourth-order valence-corrected chi connectivity index (χ4v) is 2.64. The molecule has 0 aliphatic carbocycles. The van der Waals surface area contributed by atoms with E-state index >= 15 is 0 Å². The summed E-state index contributed by atoms with van der Waals surface area (Å²) in [6.45, 7) is 8.28. The van der Waals surface area contributed by atoms with E-state index in [1.54, 1.807) is 6.92 Å². The van der Waals surface area contributed by atoms with Gasteiger partial charge in [-0.05, 0) is 50.6 Å². The lowest BCUT2D eigenvalue weighted by Crippen LogP contribution is -2.30. The Bertz CT molecular complexity index is 627. The summed E-state index contributed by atoms with van der Waals surface area (Å²) in [5, 5.41) is 11.0. The van der Waals surface area contributed by atoms with Crippen molar-refractivity contribution in [2.45, 2.75) is 45.1 Å². The Balaban J connectivity index is 2.98. The fourth-order valence-electron chi connectivity index (χ4n) is 2.02. The van der Waals surface area contributed by atoms with Crippen LogP contribution in [0.15, 0.2) is 17.0 Å². The molecule has 0 aliphatic rings. The average Bonchev–Trinajstić information content (AvgIpc) is 2.33. The minimum atomic E-state index is -3.80. The quantitative estimate of drug-likeness (QED) is 0.736. The monoisotopic (exact) mass is 313 g/mol. The van der Waals surface area contributed by atoms with Crippen LogP contribution < -0.4 is 15.8 Å². The van der Waals surface area contributed by atoms with E-state index in [0.717, 1.165) is 17.7 Å². The van der Waals surface area contributed by atoms with Gasteiger partial charge >= 0.3 is 0 Å². The van der Waals surface area contributed by atoms with Crippen LogP contribution in [0.3, 0.4) is 0 Å². The van der Waals surface area contributed by atoms with Gasteiger partial charge in [-0.25, -0.2) is 13.6 Å². The van der Waals surface area contributed by atoms with Gasteiger partial charge in [-0.3, -0.25) is 4.79 Å². The highest BCUT2D eigenvalue weighted by molar-refractivity contribution is 7.89. The maximum atomic E-state index is 12.0. The highest BCUT2D eigenvalue weighted by Gasteiger charge is 2.15. The summed E-state index contributed by atoms with van der Waals surface area (Å²) in [4.78, 5) is 12.0. The van der Waals surface area contributed by atoms with E-state index in [4.69, 9.17) is 5.14 Å². The van der Waals surface area contributed by atoms with Gasteiger partial charge in [0.1, 0.15) is 0 Å². The van der Waals surface area contributed by atoms with Gasteiger partial charge in [0.05, 0.1) is 4.90 Å². The average molecular weight is 313 g/mol. The van der Waals surface area contributed by atoms with Crippen molar-refractivity contribution in [1.29, 1.82) is 0 Å². The molecule has 0 fully saturated rings. The number of sulfonamides is 1. The van der Waals surface area contributed by atoms with Crippen molar-refractivity contribution in [3.63, 3.8) is 0 Å². The molecule has 0 bridgehead atoms. The number of rotatable bonds is 6. The SMILES string of the molecule is CCNC(C)CC(=O)Nc1cc(S(N)(=O)=O)cc(C)c1C. The van der Waals surface area contributed by atoms with Crippen LogP contribution in [-0.2, 0) is 14.8 Å². The lowest BCUT2D eigenvalue weighted by Gasteiger charge is -2.15. The summed E-state index contributed by atoms with van der Waals surface area (Å²) in [7, 11) is -3.80. The Morgan fingerprint density at radius 3 is 2.48 bits per heavy atom. The van der Waals surface area contributed by atoms with Crippen LogP contribution in [0, 0.1) is 13.8 Å². The van der Waals surface area contributed by atoms with Crippen LogP contribution in [-0.4, -0.2) is 26.9 Å². The number of aryl methyl sites for hydroxylation is 1. The first-order valence-electron chi connectivity index (χ1n) is 6.82. The van der Waals surface area contributed by atoms with Crippen molar-refractivity contribution in [2.24, 2.45) is 5.14 Å². The van der Waals surface area contributed by atoms with E-state index < -0.39 is 10.0 Å². The van der Waals surface area contributed by atoms with E-state index in [-0.39, 0.29) is 16.8 Å². The molecule has 1 atom stereocenters. The number of benzene rings is 1. The first kappa shape index (κ1) is 17.6. The maximum absolute atomic E-state index is 12.0. The summed E-state index contributed by atoms with van der Waals surface area (Å²) < 4.78 is 22.9. The molecule has 0 radical (unpaired) electrons. The Morgan fingerprint density at radius 1 is 1.33 bits per heavy atom. The highest BCUT2D eigenvalue weighted by Crippen LogP contribution is 2.23. The van der Waals surface area contributed by atoms with Gasteiger partial charge in [0.2, 0.25) is 15.9 Å². The summed E-state index contributed by atoms with van der Waals surface area (Å²) in [6.07, 6.45) is 0.311. The van der Waals surface area contributed by atoms with Crippen molar-refractivity contribution in [1.82, 2.24) is 5.32 Å². The molecule has 4 N–H and O–H groups in total. The van der Waals surface area contributed by atoms with Crippen molar-refractivity contribution in [2.75, 3.05) is 11.9 Å². The minimum Gasteiger partial charge on any atom is -0.326 e. The molecule has 1 unspecified atom stereocenters. The number of nitrogens with one attached hydrogen (secondary N) is 2. The van der Waals surface area contributed by atoms with Crippen LogP contribution >= 0.6 is 0 Å². The molecule has 118 valence electrons. The number of carbonyl (C=O) groups is 1. The molecule has 0 saturated carbocycles. The number of nitrogens with two attached hydrogens (primary N) is 1. The number of amides is 1. The van der Waals surface area contributed by atoms with Crippen molar-refractivity contribution < 1.29 is 13.2 Å². The number of hydrogen-bond donors (Lipinski definition) is 3. The van der Waals surface area contributed by atoms with Crippen molar-refractivity contribution in [3.8, 4) is 0 Å². The molecule has 0 aliphatic heterocycles. The van der Waals surface area contributed by atoms with E-state index in [0.29, 0.717) is 12.1 Å². The first-order valence-corrected chi connectivity index (χ1v) is 8.37. The Kier molecular flexibility index (Phi) is 5.88. The molecular weight excluding hydrogens is 290 g/mol. The third kappa shape index (κ3) is 5.11. The molecule has 21 heavy (non-hydrogen) atoms. The molecule has 6 nitrogen and oxygen atoms in total. The fraction of sp³-hybridized carbons (Fsp3) is 0.500. The predicted octanol–water partition coefficient (Wildman–Crippen LogP) is 1.28. The number of primary sulfonamides is 1. The largest absolute Gasteiger partial charge is 0.326 e. The summed E-state index contributed by atoms with van der Waals surface area (Å²) >= 11 is 0. The highest BCUT2D eigenvalue weighted by atomic mass is 32.2. The first-order chi connectivity index (χ1) is 9.65. The number of carbonyl (C=O) groups excluding carboxylic acids is 1. The van der Waals surface area contributed by atoms with Crippen LogP contribution in [0.4, 0.5) is 5.69 Å². The van der Waals surface area contributed by atoms with Crippen LogP contribution in [0.25, 0.3) is 0 Å². The second kappa shape index (κ2) is 7.02. The van der Waals surface area contributed by atoms with E-state index in [2.05, 4.69) is 10.6 Å². The zero-order chi connectivity index (χ0) is 16.2. The minimum absolute atomic E-state index is 0.000585. The normalized spacial score (nSPS) is 13.0. The molecule has 1 aromatic carbocycles. The lowest BCUT2D eigenvalue weighted by molar-refractivity contribution is -0.116. The van der Waals surface area contributed by atoms with Crippen LogP contribution in [0.1, 0.15) is 31.4 Å². The maximum Gasteiger partial charge on any atom is 0.238 e. The summed E-state index contributed by atoms with van der Waals surface area (Å²) in [5.41, 5.74) is 2.07. The van der Waals surface area contributed by atoms with Gasteiger partial charge in [-0.1, -0.05) is 6.92 Å². The summed E-state index contributed by atoms with van der Waals surface area (Å²) in [6, 6.07) is 2.95. The topological polar surface area (TPSA) is 101 Å². The van der Waals surface area contributed by atoms with Gasteiger partial charge in [-0.2, -0.15) is 0 Å². The number of anilines is 1. The van der Waals surface area contributed by atoms with E-state index in [1.807, 2.05) is 20.8 Å². The van der Waals surface area contributed by atoms with Gasteiger partial charge in [0, 0.05) is 18.2 Å². The van der Waals surface area contributed by atoms with Gasteiger partial charge in [0.15, 0.2) is 0 Å². The molecule has 7 heteroatoms. The van der Waals surface area contributed by atoms with Crippen molar-refractivity contribution >= 4 is 21.6 Å². The Morgan fingerprint density at radius 2 is 1.95 bits per heavy atom. The second-order valence-corrected chi connectivity index (χ2v) is 6.73. The molecule has 1 aromatic rings. The zero-order valence-corrected chi connectivity index (χ0v) is 13.7.